The van der Waals surface area contributed by atoms with E-state index in [-0.39, 0.29) is 31.5 Å². The third kappa shape index (κ3) is 59.3. The van der Waals surface area contributed by atoms with E-state index in [1.54, 1.807) is 0 Å². The van der Waals surface area contributed by atoms with Gasteiger partial charge in [-0.1, -0.05) is 285 Å². The zero-order valence-corrected chi connectivity index (χ0v) is 53.4. The summed E-state index contributed by atoms with van der Waals surface area (Å²) in [5.74, 6) is -0.557. The van der Waals surface area contributed by atoms with Gasteiger partial charge in [-0.2, -0.15) is 0 Å². The molecule has 2 N–H and O–H groups in total. The van der Waals surface area contributed by atoms with Gasteiger partial charge >= 0.3 is 13.8 Å². The van der Waals surface area contributed by atoms with E-state index < -0.39 is 20.0 Å². The Morgan fingerprint density at radius 1 is 0.463 bits per heavy atom. The molecule has 0 heterocycles. The third-order valence-corrected chi connectivity index (χ3v) is 15.1. The summed E-state index contributed by atoms with van der Waals surface area (Å²) in [6.07, 6.45) is 81.0. The van der Waals surface area contributed by atoms with Gasteiger partial charge in [0.05, 0.1) is 33.8 Å². The summed E-state index contributed by atoms with van der Waals surface area (Å²) in [4.78, 5) is 37.8. The molecule has 0 bridgehead atoms. The number of nitrogens with zero attached hydrogens (tertiary/aromatic N) is 1. The summed E-state index contributed by atoms with van der Waals surface area (Å²) < 4.78 is 30.7. The molecule has 0 saturated heterocycles. The van der Waals surface area contributed by atoms with Crippen molar-refractivity contribution in [3.05, 3.63) is 109 Å². The number of nitrogens with one attached hydrogen (secondary N) is 1. The highest BCUT2D eigenvalue weighted by Gasteiger charge is 2.30. The first-order valence-electron chi connectivity index (χ1n) is 32.8. The molecular weight excluding hydrogens is 1010 g/mol. The number of likely N-dealkylation sites (N-methyl/N-ethyl adjacent to an activating group) is 1. The average Bonchev–Trinajstić information content (AvgIpc) is 3.42. The highest BCUT2D eigenvalue weighted by molar-refractivity contribution is 7.47. The summed E-state index contributed by atoms with van der Waals surface area (Å²) in [6, 6.07) is -0.873. The standard InChI is InChI=1S/C70H123N2O7P/c1-7-10-13-16-19-22-25-28-30-32-33-34-35-36-37-38-39-41-42-44-47-50-53-56-59-62-69(73)71-67(66-78-80(75,76)77-65-64-72(4,5)6)68(61-58-55-52-49-46-27-24-21-18-15-12-9-3)79-70(74)63-60-57-54-51-48-45-43-40-31-29-26-23-20-17-14-11-8-2/h11,14,17,19-20,22-23,26,28-31,40,43,45,48,58,61,67-68H,7-10,12-13,15-16,18,21,24-25,27,32-39,41-42,44,46-47,49-57,59-60,62-66H2,1-6H3,(H-,71,73,75,76)/p+1/b14-11-,20-17+,22-19-,26-23+,30-28-,31-29-,43-40+,48-45+,61-58-. The van der Waals surface area contributed by atoms with E-state index in [9.17, 15) is 19.0 Å². The van der Waals surface area contributed by atoms with Crippen LogP contribution in [0.2, 0.25) is 0 Å². The molecule has 0 aromatic heterocycles. The molecule has 0 aromatic carbocycles. The second-order valence-electron chi connectivity index (χ2n) is 23.1. The Balaban J connectivity index is 5.18. The van der Waals surface area contributed by atoms with Crippen molar-refractivity contribution >= 4 is 19.7 Å². The van der Waals surface area contributed by atoms with Gasteiger partial charge in [-0.15, -0.1) is 0 Å². The van der Waals surface area contributed by atoms with Crippen molar-refractivity contribution in [2.24, 2.45) is 0 Å². The number of hydrogen-bond donors (Lipinski definition) is 2. The van der Waals surface area contributed by atoms with Gasteiger partial charge in [-0.25, -0.2) is 4.57 Å². The van der Waals surface area contributed by atoms with Crippen molar-refractivity contribution in [2.75, 3.05) is 40.9 Å². The number of allylic oxidation sites excluding steroid dienone is 17. The molecule has 3 atom stereocenters. The van der Waals surface area contributed by atoms with E-state index in [1.165, 1.54) is 161 Å². The minimum atomic E-state index is -4.47. The van der Waals surface area contributed by atoms with E-state index in [2.05, 4.69) is 62.5 Å². The van der Waals surface area contributed by atoms with E-state index >= 15 is 0 Å². The van der Waals surface area contributed by atoms with Crippen molar-refractivity contribution in [3.63, 3.8) is 0 Å². The third-order valence-electron chi connectivity index (χ3n) is 14.1. The zero-order valence-electron chi connectivity index (χ0n) is 52.5. The second kappa shape index (κ2) is 58.9. The monoisotopic (exact) mass is 1140 g/mol. The molecule has 460 valence electrons. The van der Waals surface area contributed by atoms with Crippen LogP contribution in [0.5, 0.6) is 0 Å². The number of esters is 1. The number of carbonyl (C=O) groups is 2. The van der Waals surface area contributed by atoms with Gasteiger partial charge < -0.3 is 19.4 Å². The predicted octanol–water partition coefficient (Wildman–Crippen LogP) is 20.5. The second-order valence-corrected chi connectivity index (χ2v) is 24.5. The number of unbranched alkanes of at least 4 members (excludes halogenated alkanes) is 31. The molecule has 0 aliphatic carbocycles. The van der Waals surface area contributed by atoms with Crippen molar-refractivity contribution in [1.29, 1.82) is 0 Å². The molecule has 80 heavy (non-hydrogen) atoms. The fraction of sp³-hybridized carbons (Fsp3) is 0.714. The number of quaternary nitrogens is 1. The van der Waals surface area contributed by atoms with Gasteiger partial charge in [0, 0.05) is 12.8 Å². The van der Waals surface area contributed by atoms with E-state index in [0.717, 1.165) is 70.6 Å². The number of phosphoric ester groups is 1. The lowest BCUT2D eigenvalue weighted by Gasteiger charge is -2.27. The van der Waals surface area contributed by atoms with Crippen LogP contribution in [0.3, 0.4) is 0 Å². The lowest BCUT2D eigenvalue weighted by Crippen LogP contribution is -2.47. The minimum Gasteiger partial charge on any atom is -0.456 e. The van der Waals surface area contributed by atoms with Crippen molar-refractivity contribution < 1.29 is 37.3 Å². The Bertz CT molecular complexity index is 1740. The maximum absolute atomic E-state index is 13.6. The van der Waals surface area contributed by atoms with Gasteiger partial charge in [-0.05, 0) is 83.1 Å². The van der Waals surface area contributed by atoms with Crippen molar-refractivity contribution in [1.82, 2.24) is 5.32 Å². The number of carbonyl (C=O) groups excluding carboxylic acids is 2. The smallest absolute Gasteiger partial charge is 0.456 e. The number of ether oxygens (including phenoxy) is 1. The van der Waals surface area contributed by atoms with E-state index in [4.69, 9.17) is 13.8 Å². The maximum atomic E-state index is 13.6. The van der Waals surface area contributed by atoms with Gasteiger partial charge in [0.2, 0.25) is 5.91 Å². The van der Waals surface area contributed by atoms with Gasteiger partial charge in [0.25, 0.3) is 0 Å². The Morgan fingerprint density at radius 2 is 0.850 bits per heavy atom. The maximum Gasteiger partial charge on any atom is 0.472 e. The SMILES string of the molecule is CC\C=C/C=C/C=C/C=C\C=C\C=C\CCCCCC(=O)OC(/C=C\CCCCCCCCCCCC)C(COP(=O)(O)OCC[N+](C)(C)C)NC(=O)CCCCCCCCCCCCCCCCC/C=C\C/C=C\CCCCC. The minimum absolute atomic E-state index is 0.0279. The quantitative estimate of drug-likeness (QED) is 0.0156. The van der Waals surface area contributed by atoms with E-state index in [1.807, 2.05) is 94.1 Å². The summed E-state index contributed by atoms with van der Waals surface area (Å²) >= 11 is 0. The molecule has 0 rings (SSSR count). The first-order chi connectivity index (χ1) is 38.9. The molecule has 3 unspecified atom stereocenters. The fourth-order valence-electron chi connectivity index (χ4n) is 9.06. The highest BCUT2D eigenvalue weighted by atomic mass is 31.2. The molecular formula is C70H124N2O7P+. The number of amides is 1. The van der Waals surface area contributed by atoms with E-state index in [0.29, 0.717) is 23.9 Å². The van der Waals surface area contributed by atoms with Crippen LogP contribution in [0.4, 0.5) is 0 Å². The highest BCUT2D eigenvalue weighted by Crippen LogP contribution is 2.43. The molecule has 0 aliphatic heterocycles. The number of phosphoric acid groups is 1. The normalized spacial score (nSPS) is 14.3. The van der Waals surface area contributed by atoms with Crippen LogP contribution in [0, 0.1) is 0 Å². The molecule has 1 amide bonds. The first-order valence-corrected chi connectivity index (χ1v) is 34.3. The Hall–Kier alpha value is -3.33. The van der Waals surface area contributed by atoms with Crippen LogP contribution in [-0.4, -0.2) is 74.3 Å². The van der Waals surface area contributed by atoms with Crippen LogP contribution in [0.25, 0.3) is 0 Å². The predicted molar refractivity (Wildman–Crippen MR) is 346 cm³/mol. The van der Waals surface area contributed by atoms with Crippen molar-refractivity contribution in [3.8, 4) is 0 Å². The summed E-state index contributed by atoms with van der Waals surface area (Å²) in [5, 5.41) is 3.05. The molecule has 0 spiro atoms. The van der Waals surface area contributed by atoms with Crippen molar-refractivity contribution in [2.45, 2.75) is 283 Å². The van der Waals surface area contributed by atoms with Crippen LogP contribution < -0.4 is 5.32 Å². The fourth-order valence-corrected chi connectivity index (χ4v) is 9.80. The Kier molecular flexibility index (Phi) is 56.4. The summed E-state index contributed by atoms with van der Waals surface area (Å²) in [5.41, 5.74) is 0. The largest absolute Gasteiger partial charge is 0.472 e. The molecule has 0 aliphatic rings. The number of rotatable bonds is 58. The molecule has 9 nitrogen and oxygen atoms in total. The van der Waals surface area contributed by atoms with Crippen LogP contribution in [0.1, 0.15) is 271 Å². The van der Waals surface area contributed by atoms with Gasteiger partial charge in [0.15, 0.2) is 0 Å². The molecule has 0 aromatic rings. The van der Waals surface area contributed by atoms with Crippen LogP contribution in [-0.2, 0) is 27.9 Å². The zero-order chi connectivity index (χ0) is 58.6. The molecule has 0 radical (unpaired) electrons. The lowest BCUT2D eigenvalue weighted by atomic mass is 10.0. The summed E-state index contributed by atoms with van der Waals surface area (Å²) in [7, 11) is 1.46. The van der Waals surface area contributed by atoms with Gasteiger partial charge in [-0.3, -0.25) is 18.6 Å². The average molecular weight is 1140 g/mol. The first kappa shape index (κ1) is 76.7. The lowest BCUT2D eigenvalue weighted by molar-refractivity contribution is -0.870. The summed E-state index contributed by atoms with van der Waals surface area (Å²) in [6.45, 7) is 6.82. The molecule has 10 heteroatoms. The number of hydrogen-bond acceptors (Lipinski definition) is 6. The molecule has 0 fully saturated rings. The molecule has 0 saturated carbocycles. The Labute approximate surface area is 493 Å². The Morgan fingerprint density at radius 3 is 1.34 bits per heavy atom. The van der Waals surface area contributed by atoms with Crippen LogP contribution >= 0.6 is 7.82 Å². The van der Waals surface area contributed by atoms with Crippen LogP contribution in [0.15, 0.2) is 109 Å². The topological polar surface area (TPSA) is 111 Å². The van der Waals surface area contributed by atoms with Gasteiger partial charge in [0.1, 0.15) is 19.3 Å².